The van der Waals surface area contributed by atoms with Crippen LogP contribution in [0.15, 0.2) is 6.20 Å². The van der Waals surface area contributed by atoms with Crippen molar-refractivity contribution in [1.82, 2.24) is 10.2 Å². The van der Waals surface area contributed by atoms with Crippen LogP contribution in [0.5, 0.6) is 0 Å². The number of hydrogen-bond acceptors (Lipinski definition) is 3. The highest BCUT2D eigenvalue weighted by atomic mass is 16.4. The van der Waals surface area contributed by atoms with Crippen molar-refractivity contribution in [3.05, 3.63) is 17.5 Å². The molecule has 1 heterocycles. The smallest absolute Gasteiger partial charge is 0.329 e. The summed E-state index contributed by atoms with van der Waals surface area (Å²) < 4.78 is 0. The van der Waals surface area contributed by atoms with Gasteiger partial charge in [-0.25, -0.2) is 4.79 Å². The number of carboxylic acids is 1. The zero-order valence-corrected chi connectivity index (χ0v) is 7.08. The number of rotatable bonds is 1. The highest BCUT2D eigenvalue weighted by molar-refractivity contribution is 5.80. The van der Waals surface area contributed by atoms with Crippen LogP contribution in [0.1, 0.15) is 24.1 Å². The average molecular weight is 181 g/mol. The lowest BCUT2D eigenvalue weighted by molar-refractivity contribution is -0.144. The van der Waals surface area contributed by atoms with Gasteiger partial charge < -0.3 is 10.8 Å². The fourth-order valence-corrected chi connectivity index (χ4v) is 1.78. The Morgan fingerprint density at radius 1 is 1.77 bits per heavy atom. The normalized spacial score (nSPS) is 26.8. The van der Waals surface area contributed by atoms with E-state index >= 15 is 0 Å². The van der Waals surface area contributed by atoms with Gasteiger partial charge in [-0.2, -0.15) is 5.10 Å². The van der Waals surface area contributed by atoms with E-state index in [0.717, 1.165) is 18.4 Å². The minimum absolute atomic E-state index is 0.470. The van der Waals surface area contributed by atoms with Gasteiger partial charge in [0, 0.05) is 0 Å². The summed E-state index contributed by atoms with van der Waals surface area (Å²) in [5.74, 6) is -0.988. The molecule has 5 nitrogen and oxygen atoms in total. The molecule has 0 fully saturated rings. The zero-order valence-electron chi connectivity index (χ0n) is 7.08. The number of H-pyrrole nitrogens is 1. The topological polar surface area (TPSA) is 92.0 Å². The van der Waals surface area contributed by atoms with Gasteiger partial charge >= 0.3 is 5.97 Å². The predicted molar refractivity (Wildman–Crippen MR) is 45.0 cm³/mol. The van der Waals surface area contributed by atoms with Crippen molar-refractivity contribution in [3.8, 4) is 0 Å². The molecule has 0 spiro atoms. The second-order valence-corrected chi connectivity index (χ2v) is 3.40. The van der Waals surface area contributed by atoms with Gasteiger partial charge in [-0.1, -0.05) is 0 Å². The number of carboxylic acid groups (broad SMARTS) is 1. The molecule has 1 aliphatic rings. The number of aliphatic carboxylic acids is 1. The third-order valence-electron chi connectivity index (χ3n) is 2.56. The summed E-state index contributed by atoms with van der Waals surface area (Å²) in [6.07, 6.45) is 3.78. The maximum atomic E-state index is 11.0. The van der Waals surface area contributed by atoms with Crippen molar-refractivity contribution in [3.63, 3.8) is 0 Å². The number of carbonyl (C=O) groups is 1. The van der Waals surface area contributed by atoms with Crippen molar-refractivity contribution in [1.29, 1.82) is 0 Å². The van der Waals surface area contributed by atoms with Crippen LogP contribution in [0.4, 0.5) is 0 Å². The van der Waals surface area contributed by atoms with Crippen LogP contribution >= 0.6 is 0 Å². The molecule has 70 valence electrons. The van der Waals surface area contributed by atoms with E-state index in [-0.39, 0.29) is 0 Å². The van der Waals surface area contributed by atoms with Crippen LogP contribution in [0, 0.1) is 0 Å². The molecule has 0 saturated carbocycles. The number of nitrogens with two attached hydrogens (primary N) is 1. The number of aromatic amines is 1. The molecule has 1 aromatic heterocycles. The van der Waals surface area contributed by atoms with Crippen LogP contribution in [0.25, 0.3) is 0 Å². The van der Waals surface area contributed by atoms with Gasteiger partial charge in [-0.15, -0.1) is 0 Å². The van der Waals surface area contributed by atoms with Crippen molar-refractivity contribution in [2.45, 2.75) is 24.8 Å². The van der Waals surface area contributed by atoms with E-state index in [9.17, 15) is 4.79 Å². The number of fused-ring (bicyclic) bond motifs is 1. The van der Waals surface area contributed by atoms with Gasteiger partial charge in [-0.3, -0.25) is 5.10 Å². The molecule has 0 aromatic carbocycles. The van der Waals surface area contributed by atoms with E-state index in [4.69, 9.17) is 10.8 Å². The number of hydrogen-bond donors (Lipinski definition) is 3. The Balaban J connectivity index is 2.51. The second kappa shape index (κ2) is 2.56. The Morgan fingerprint density at radius 2 is 2.54 bits per heavy atom. The maximum Gasteiger partial charge on any atom is 0.329 e. The predicted octanol–water partition coefficient (Wildman–Crippen LogP) is -0.0154. The van der Waals surface area contributed by atoms with Crippen LogP contribution in [-0.4, -0.2) is 21.3 Å². The molecule has 2 rings (SSSR count). The fourth-order valence-electron chi connectivity index (χ4n) is 1.78. The van der Waals surface area contributed by atoms with Gasteiger partial charge in [0.25, 0.3) is 0 Å². The molecule has 0 bridgehead atoms. The number of nitrogens with zero attached hydrogens (tertiary/aromatic N) is 1. The summed E-state index contributed by atoms with van der Waals surface area (Å²) >= 11 is 0. The minimum atomic E-state index is -1.26. The van der Waals surface area contributed by atoms with Crippen LogP contribution in [0.2, 0.25) is 0 Å². The number of aryl methyl sites for hydroxylation is 1. The van der Waals surface area contributed by atoms with Crippen LogP contribution in [0.3, 0.4) is 0 Å². The summed E-state index contributed by atoms with van der Waals surface area (Å²) in [6.45, 7) is 0. The summed E-state index contributed by atoms with van der Waals surface area (Å²) in [7, 11) is 0. The molecule has 0 radical (unpaired) electrons. The standard InChI is InChI=1S/C8H11N3O2/c9-8(7(12)13)3-1-2-5-4-10-11-6(5)8/h4H,1-3,9H2,(H,10,11)(H,12,13). The van der Waals surface area contributed by atoms with Crippen LogP contribution < -0.4 is 5.73 Å². The molecule has 0 amide bonds. The Morgan fingerprint density at radius 3 is 3.23 bits per heavy atom. The van der Waals surface area contributed by atoms with Gasteiger partial charge in [0.15, 0.2) is 5.54 Å². The largest absolute Gasteiger partial charge is 0.480 e. The zero-order chi connectivity index (χ0) is 9.47. The lowest BCUT2D eigenvalue weighted by Gasteiger charge is -2.28. The third kappa shape index (κ3) is 1.04. The average Bonchev–Trinajstić information content (AvgIpc) is 2.53. The first kappa shape index (κ1) is 8.25. The van der Waals surface area contributed by atoms with E-state index in [1.807, 2.05) is 0 Å². The Bertz CT molecular complexity index is 347. The molecule has 4 N–H and O–H groups in total. The molecule has 1 atom stereocenters. The van der Waals surface area contributed by atoms with Crippen molar-refractivity contribution >= 4 is 5.97 Å². The molecular formula is C8H11N3O2. The molecular weight excluding hydrogens is 170 g/mol. The fraction of sp³-hybridized carbons (Fsp3) is 0.500. The molecule has 1 unspecified atom stereocenters. The van der Waals surface area contributed by atoms with E-state index < -0.39 is 11.5 Å². The Kier molecular flexibility index (Phi) is 1.63. The van der Waals surface area contributed by atoms with Gasteiger partial charge in [0.05, 0.1) is 11.9 Å². The van der Waals surface area contributed by atoms with E-state index in [1.165, 1.54) is 0 Å². The van der Waals surface area contributed by atoms with E-state index in [0.29, 0.717) is 12.1 Å². The summed E-state index contributed by atoms with van der Waals surface area (Å²) in [6, 6.07) is 0. The van der Waals surface area contributed by atoms with E-state index in [2.05, 4.69) is 10.2 Å². The highest BCUT2D eigenvalue weighted by Crippen LogP contribution is 2.31. The summed E-state index contributed by atoms with van der Waals surface area (Å²) in [4.78, 5) is 11.0. The summed E-state index contributed by atoms with van der Waals surface area (Å²) in [5, 5.41) is 15.5. The van der Waals surface area contributed by atoms with Crippen molar-refractivity contribution < 1.29 is 9.90 Å². The minimum Gasteiger partial charge on any atom is -0.480 e. The molecule has 13 heavy (non-hydrogen) atoms. The Hall–Kier alpha value is -1.36. The van der Waals surface area contributed by atoms with Gasteiger partial charge in [-0.05, 0) is 24.8 Å². The number of aromatic nitrogens is 2. The quantitative estimate of drug-likeness (QED) is 0.568. The maximum absolute atomic E-state index is 11.0. The van der Waals surface area contributed by atoms with Gasteiger partial charge in [0.2, 0.25) is 0 Å². The lowest BCUT2D eigenvalue weighted by Crippen LogP contribution is -2.47. The lowest BCUT2D eigenvalue weighted by atomic mass is 9.82. The Labute approximate surface area is 74.9 Å². The first-order chi connectivity index (χ1) is 6.14. The third-order valence-corrected chi connectivity index (χ3v) is 2.56. The monoisotopic (exact) mass is 181 g/mol. The number of nitrogens with one attached hydrogen (secondary N) is 1. The SMILES string of the molecule is NC1(C(=O)O)CCCc2cn[nH]c21. The van der Waals surface area contributed by atoms with Gasteiger partial charge in [0.1, 0.15) is 0 Å². The first-order valence-corrected chi connectivity index (χ1v) is 4.19. The van der Waals surface area contributed by atoms with Crippen molar-refractivity contribution in [2.75, 3.05) is 0 Å². The second-order valence-electron chi connectivity index (χ2n) is 3.40. The van der Waals surface area contributed by atoms with Crippen LogP contribution in [-0.2, 0) is 16.8 Å². The first-order valence-electron chi connectivity index (χ1n) is 4.19. The molecule has 1 aromatic rings. The van der Waals surface area contributed by atoms with Crippen molar-refractivity contribution in [2.24, 2.45) is 5.73 Å². The molecule has 1 aliphatic carbocycles. The van der Waals surface area contributed by atoms with E-state index in [1.54, 1.807) is 6.20 Å². The highest BCUT2D eigenvalue weighted by Gasteiger charge is 2.41. The molecule has 0 aliphatic heterocycles. The molecule has 0 saturated heterocycles. The summed E-state index contributed by atoms with van der Waals surface area (Å²) in [5.41, 5.74) is 6.02. The molecule has 5 heteroatoms.